The molecule has 20 heavy (non-hydrogen) atoms. The van der Waals surface area contributed by atoms with Crippen LogP contribution in [0.5, 0.6) is 0 Å². The second kappa shape index (κ2) is 5.78. The Bertz CT molecular complexity index is 667. The summed E-state index contributed by atoms with van der Waals surface area (Å²) in [7, 11) is 1.80. The molecule has 0 saturated heterocycles. The molecule has 0 aliphatic heterocycles. The Morgan fingerprint density at radius 2 is 1.75 bits per heavy atom. The van der Waals surface area contributed by atoms with Gasteiger partial charge in [0.2, 0.25) is 0 Å². The highest BCUT2D eigenvalue weighted by atomic mass is 14.8. The van der Waals surface area contributed by atoms with Crippen molar-refractivity contribution in [2.45, 2.75) is 20.8 Å². The van der Waals surface area contributed by atoms with Gasteiger partial charge < -0.3 is 0 Å². The number of benzene rings is 1. The van der Waals surface area contributed by atoms with Crippen molar-refractivity contribution in [1.82, 2.24) is 9.97 Å². The minimum atomic E-state index is 0.777. The van der Waals surface area contributed by atoms with Crippen LogP contribution in [-0.2, 0) is 0 Å². The zero-order chi connectivity index (χ0) is 14.7. The van der Waals surface area contributed by atoms with Crippen molar-refractivity contribution < 1.29 is 0 Å². The summed E-state index contributed by atoms with van der Waals surface area (Å²) in [6.45, 7) is 9.94. The van der Waals surface area contributed by atoms with Gasteiger partial charge in [0, 0.05) is 30.6 Å². The van der Waals surface area contributed by atoms with Crippen LogP contribution in [0, 0.1) is 13.8 Å². The van der Waals surface area contributed by atoms with E-state index >= 15 is 0 Å². The van der Waals surface area contributed by atoms with Crippen molar-refractivity contribution in [3.05, 3.63) is 59.7 Å². The number of aromatic nitrogens is 2. The second-order valence-corrected chi connectivity index (χ2v) is 4.90. The molecule has 0 aliphatic carbocycles. The van der Waals surface area contributed by atoms with E-state index in [0.717, 1.165) is 33.8 Å². The minimum absolute atomic E-state index is 0.777. The quantitative estimate of drug-likeness (QED) is 0.793. The third-order valence-electron chi connectivity index (χ3n) is 3.23. The molecule has 2 rings (SSSR count). The van der Waals surface area contributed by atoms with Gasteiger partial charge in [-0.05, 0) is 43.5 Å². The molecule has 0 atom stereocenters. The average molecular weight is 265 g/mol. The topological polar surface area (TPSA) is 38.1 Å². The van der Waals surface area contributed by atoms with E-state index in [1.807, 2.05) is 26.2 Å². The zero-order valence-corrected chi connectivity index (χ0v) is 12.4. The van der Waals surface area contributed by atoms with E-state index in [1.165, 1.54) is 5.56 Å². The Morgan fingerprint density at radius 1 is 1.10 bits per heavy atom. The Balaban J connectivity index is 2.53. The monoisotopic (exact) mass is 265 g/mol. The number of aliphatic imine (C=N–C) groups is 1. The molecule has 1 heterocycles. The van der Waals surface area contributed by atoms with Crippen LogP contribution in [0.3, 0.4) is 0 Å². The van der Waals surface area contributed by atoms with Gasteiger partial charge in [0.05, 0.1) is 5.71 Å². The first-order valence-electron chi connectivity index (χ1n) is 6.55. The van der Waals surface area contributed by atoms with E-state index in [9.17, 15) is 0 Å². The molecule has 2 aromatic rings. The van der Waals surface area contributed by atoms with E-state index in [1.54, 1.807) is 7.05 Å². The van der Waals surface area contributed by atoms with Crippen LogP contribution in [0.2, 0.25) is 0 Å². The molecule has 102 valence electrons. The molecule has 0 spiro atoms. The first-order valence-corrected chi connectivity index (χ1v) is 6.55. The van der Waals surface area contributed by atoms with Crippen molar-refractivity contribution in [3.63, 3.8) is 0 Å². The molecular weight excluding hydrogens is 246 g/mol. The number of hydrogen-bond acceptors (Lipinski definition) is 3. The van der Waals surface area contributed by atoms with Gasteiger partial charge in [0.1, 0.15) is 5.82 Å². The van der Waals surface area contributed by atoms with Gasteiger partial charge in [-0.2, -0.15) is 0 Å². The van der Waals surface area contributed by atoms with E-state index in [0.29, 0.717) is 0 Å². The van der Waals surface area contributed by atoms with Gasteiger partial charge >= 0.3 is 0 Å². The highest BCUT2D eigenvalue weighted by Gasteiger charge is 2.09. The van der Waals surface area contributed by atoms with Gasteiger partial charge in [0.15, 0.2) is 0 Å². The van der Waals surface area contributed by atoms with Gasteiger partial charge in [0.25, 0.3) is 0 Å². The lowest BCUT2D eigenvalue weighted by Gasteiger charge is -2.11. The van der Waals surface area contributed by atoms with Crippen molar-refractivity contribution in [2.24, 2.45) is 4.99 Å². The van der Waals surface area contributed by atoms with Gasteiger partial charge in [-0.15, -0.1) is 0 Å². The van der Waals surface area contributed by atoms with E-state index in [-0.39, 0.29) is 0 Å². The summed E-state index contributed by atoms with van der Waals surface area (Å²) in [5, 5.41) is 0. The molecule has 3 heteroatoms. The number of nitrogens with zero attached hydrogens (tertiary/aromatic N) is 3. The maximum atomic E-state index is 4.35. The first-order chi connectivity index (χ1) is 9.52. The summed E-state index contributed by atoms with van der Waals surface area (Å²) in [5.74, 6) is 0.777. The molecule has 0 fully saturated rings. The Morgan fingerprint density at radius 3 is 2.30 bits per heavy atom. The standard InChI is InChI=1S/C17H19N3/c1-11(2)17(18-5)16-8-14(7-6-12(16)3)15-9-19-13(4)20-10-15/h6-10H,1H2,2-5H3. The predicted molar refractivity (Wildman–Crippen MR) is 84.2 cm³/mol. The summed E-state index contributed by atoms with van der Waals surface area (Å²) in [6.07, 6.45) is 3.70. The van der Waals surface area contributed by atoms with E-state index < -0.39 is 0 Å². The van der Waals surface area contributed by atoms with Crippen LogP contribution in [0.4, 0.5) is 0 Å². The predicted octanol–water partition coefficient (Wildman–Crippen LogP) is 3.76. The molecule has 0 radical (unpaired) electrons. The van der Waals surface area contributed by atoms with Crippen molar-refractivity contribution in [1.29, 1.82) is 0 Å². The van der Waals surface area contributed by atoms with Crippen LogP contribution >= 0.6 is 0 Å². The molecule has 0 unspecified atom stereocenters. The van der Waals surface area contributed by atoms with Crippen molar-refractivity contribution >= 4 is 5.71 Å². The molecule has 0 aliphatic rings. The fourth-order valence-corrected chi connectivity index (χ4v) is 2.14. The summed E-state index contributed by atoms with van der Waals surface area (Å²) in [6, 6.07) is 6.30. The molecule has 1 aromatic heterocycles. The molecule has 1 aromatic carbocycles. The molecule has 0 saturated carbocycles. The number of rotatable bonds is 3. The van der Waals surface area contributed by atoms with Crippen LogP contribution in [0.25, 0.3) is 11.1 Å². The fourth-order valence-electron chi connectivity index (χ4n) is 2.14. The van der Waals surface area contributed by atoms with Crippen LogP contribution in [-0.4, -0.2) is 22.7 Å². The highest BCUT2D eigenvalue weighted by Crippen LogP contribution is 2.23. The third kappa shape index (κ3) is 2.82. The zero-order valence-electron chi connectivity index (χ0n) is 12.4. The molecule has 3 nitrogen and oxygen atoms in total. The summed E-state index contributed by atoms with van der Waals surface area (Å²) in [5.41, 5.74) is 6.30. The Labute approximate surface area is 120 Å². The van der Waals surface area contributed by atoms with E-state index in [2.05, 4.69) is 46.7 Å². The smallest absolute Gasteiger partial charge is 0.125 e. The minimum Gasteiger partial charge on any atom is -0.288 e. The lowest BCUT2D eigenvalue weighted by Crippen LogP contribution is -2.04. The maximum absolute atomic E-state index is 4.35. The number of hydrogen-bond donors (Lipinski definition) is 0. The molecule has 0 bridgehead atoms. The lowest BCUT2D eigenvalue weighted by atomic mass is 9.95. The third-order valence-corrected chi connectivity index (χ3v) is 3.23. The molecule has 0 N–H and O–H groups in total. The maximum Gasteiger partial charge on any atom is 0.125 e. The molecular formula is C17H19N3. The summed E-state index contributed by atoms with van der Waals surface area (Å²) in [4.78, 5) is 12.9. The van der Waals surface area contributed by atoms with Gasteiger partial charge in [-0.25, -0.2) is 9.97 Å². The second-order valence-electron chi connectivity index (χ2n) is 4.90. The largest absolute Gasteiger partial charge is 0.288 e. The number of allylic oxidation sites excluding steroid dienone is 1. The van der Waals surface area contributed by atoms with Crippen LogP contribution < -0.4 is 0 Å². The Kier molecular flexibility index (Phi) is 4.08. The lowest BCUT2D eigenvalue weighted by molar-refractivity contribution is 1.06. The summed E-state index contributed by atoms with van der Waals surface area (Å²) < 4.78 is 0. The summed E-state index contributed by atoms with van der Waals surface area (Å²) >= 11 is 0. The normalized spacial score (nSPS) is 11.5. The highest BCUT2D eigenvalue weighted by molar-refractivity contribution is 6.13. The van der Waals surface area contributed by atoms with Gasteiger partial charge in [-0.3, -0.25) is 4.99 Å². The number of aryl methyl sites for hydroxylation is 2. The fraction of sp³-hybridized carbons (Fsp3) is 0.235. The average Bonchev–Trinajstić information content (AvgIpc) is 2.42. The van der Waals surface area contributed by atoms with Crippen LogP contribution in [0.1, 0.15) is 23.9 Å². The first kappa shape index (κ1) is 14.1. The van der Waals surface area contributed by atoms with Gasteiger partial charge in [-0.1, -0.05) is 18.7 Å². The van der Waals surface area contributed by atoms with Crippen LogP contribution in [0.15, 0.2) is 47.7 Å². The molecule has 0 amide bonds. The Hall–Kier alpha value is -2.29. The SMILES string of the molecule is C=C(C)C(=NC)c1cc(-c2cnc(C)nc2)ccc1C. The van der Waals surface area contributed by atoms with Crippen molar-refractivity contribution in [2.75, 3.05) is 7.05 Å². The van der Waals surface area contributed by atoms with Crippen molar-refractivity contribution in [3.8, 4) is 11.1 Å². The van der Waals surface area contributed by atoms with E-state index in [4.69, 9.17) is 0 Å².